The van der Waals surface area contributed by atoms with Gasteiger partial charge in [0.15, 0.2) is 0 Å². The minimum absolute atomic E-state index is 0.0431. The van der Waals surface area contributed by atoms with E-state index in [0.29, 0.717) is 64.5 Å². The number of alkyl halides is 5. The molecule has 0 spiro atoms. The second-order valence-corrected chi connectivity index (χ2v) is 13.8. The van der Waals surface area contributed by atoms with Gasteiger partial charge in [-0.2, -0.15) is 22.0 Å². The normalized spacial score (nSPS) is 19.8. The SMILES string of the molecule is CC(C)C(NC(=O)c1ccc(C(=O)N2CCN(C(=O)N3CCOCC3)CC2)cc1)C(=O)N1CCCC1C(=O)NC(C(=O)C(F)(F)C(F)(F)F)C(C)C. The van der Waals surface area contributed by atoms with E-state index in [2.05, 4.69) is 5.32 Å². The molecule has 3 unspecified atom stereocenters. The van der Waals surface area contributed by atoms with E-state index in [9.17, 15) is 50.7 Å². The lowest BCUT2D eigenvalue weighted by atomic mass is 9.95. The number of hydrogen-bond donors (Lipinski definition) is 2. The maximum atomic E-state index is 13.9. The van der Waals surface area contributed by atoms with E-state index < -0.39 is 65.6 Å². The van der Waals surface area contributed by atoms with Crippen LogP contribution in [0.15, 0.2) is 24.3 Å². The van der Waals surface area contributed by atoms with Gasteiger partial charge in [-0.1, -0.05) is 27.7 Å². The van der Waals surface area contributed by atoms with Gasteiger partial charge in [-0.15, -0.1) is 0 Å². The molecule has 0 aliphatic carbocycles. The summed E-state index contributed by atoms with van der Waals surface area (Å²) < 4.78 is 71.8. The lowest BCUT2D eigenvalue weighted by Gasteiger charge is -2.38. The number of likely N-dealkylation sites (tertiary alicyclic amines) is 1. The summed E-state index contributed by atoms with van der Waals surface area (Å²) in [4.78, 5) is 84.5. The van der Waals surface area contributed by atoms with Gasteiger partial charge in [0.25, 0.3) is 11.8 Å². The molecule has 3 aliphatic heterocycles. The maximum Gasteiger partial charge on any atom is 0.461 e. The molecule has 288 valence electrons. The van der Waals surface area contributed by atoms with Gasteiger partial charge in [0.1, 0.15) is 12.1 Å². The number of halogens is 5. The molecule has 3 atom stereocenters. The van der Waals surface area contributed by atoms with Crippen LogP contribution < -0.4 is 10.6 Å². The zero-order chi connectivity index (χ0) is 38.5. The van der Waals surface area contributed by atoms with Crippen molar-refractivity contribution in [1.29, 1.82) is 0 Å². The Hall–Kier alpha value is -4.35. The summed E-state index contributed by atoms with van der Waals surface area (Å²) in [6.45, 7) is 9.17. The molecule has 0 radical (unpaired) electrons. The second kappa shape index (κ2) is 16.5. The first-order chi connectivity index (χ1) is 24.3. The van der Waals surface area contributed by atoms with Crippen molar-refractivity contribution >= 4 is 35.4 Å². The van der Waals surface area contributed by atoms with Crippen molar-refractivity contribution in [2.75, 3.05) is 59.0 Å². The number of ketones is 1. The van der Waals surface area contributed by atoms with Crippen LogP contribution in [0.4, 0.5) is 26.7 Å². The molecule has 2 N–H and O–H groups in total. The Balaban J connectivity index is 1.36. The van der Waals surface area contributed by atoms with Crippen molar-refractivity contribution < 1.29 is 55.5 Å². The van der Waals surface area contributed by atoms with Crippen molar-refractivity contribution in [2.24, 2.45) is 11.8 Å². The van der Waals surface area contributed by atoms with Gasteiger partial charge in [-0.3, -0.25) is 24.0 Å². The van der Waals surface area contributed by atoms with Crippen LogP contribution >= 0.6 is 0 Å². The first-order valence-electron chi connectivity index (χ1n) is 17.3. The van der Waals surface area contributed by atoms with Crippen LogP contribution in [0, 0.1) is 11.8 Å². The molecule has 0 bridgehead atoms. The number of ether oxygens (including phenoxy) is 1. The average Bonchev–Trinajstić information content (AvgIpc) is 3.62. The largest absolute Gasteiger partial charge is 0.461 e. The highest BCUT2D eigenvalue weighted by molar-refractivity contribution is 6.01. The number of urea groups is 1. The van der Waals surface area contributed by atoms with Gasteiger partial charge in [0.05, 0.1) is 19.3 Å². The number of amides is 6. The maximum absolute atomic E-state index is 13.9. The van der Waals surface area contributed by atoms with Crippen LogP contribution in [-0.2, 0) is 19.1 Å². The van der Waals surface area contributed by atoms with E-state index in [0.717, 1.165) is 4.90 Å². The number of benzene rings is 1. The molecule has 3 fully saturated rings. The molecule has 6 amide bonds. The predicted molar refractivity (Wildman–Crippen MR) is 175 cm³/mol. The van der Waals surface area contributed by atoms with E-state index in [1.807, 2.05) is 5.32 Å². The molecule has 0 aromatic heterocycles. The zero-order valence-corrected chi connectivity index (χ0v) is 29.5. The Labute approximate surface area is 298 Å². The molecule has 0 saturated carbocycles. The minimum atomic E-state index is -6.16. The van der Waals surface area contributed by atoms with Crippen LogP contribution in [0.2, 0.25) is 0 Å². The summed E-state index contributed by atoms with van der Waals surface area (Å²) in [7, 11) is 0. The molecule has 3 aliphatic rings. The molecular weight excluding hydrogens is 699 g/mol. The second-order valence-electron chi connectivity index (χ2n) is 13.8. The van der Waals surface area contributed by atoms with Crippen molar-refractivity contribution in [2.45, 2.75) is 70.8 Å². The first-order valence-corrected chi connectivity index (χ1v) is 17.3. The van der Waals surface area contributed by atoms with Crippen LogP contribution in [0.3, 0.4) is 0 Å². The Morgan fingerprint density at radius 2 is 1.23 bits per heavy atom. The molecule has 1 aromatic carbocycles. The van der Waals surface area contributed by atoms with Gasteiger partial charge in [-0.25, -0.2) is 4.79 Å². The summed E-state index contributed by atoms with van der Waals surface area (Å²) in [6, 6.07) is 1.11. The molecule has 13 nitrogen and oxygen atoms in total. The number of hydrogen-bond acceptors (Lipinski definition) is 7. The fraction of sp³-hybridized carbons (Fsp3) is 0.647. The number of morpholine rings is 1. The highest BCUT2D eigenvalue weighted by Gasteiger charge is 2.65. The van der Waals surface area contributed by atoms with Crippen LogP contribution in [0.5, 0.6) is 0 Å². The highest BCUT2D eigenvalue weighted by atomic mass is 19.4. The van der Waals surface area contributed by atoms with Gasteiger partial charge >= 0.3 is 18.1 Å². The number of Topliss-reactive ketones (excluding diaryl/α,β-unsaturated/α-hetero) is 1. The quantitative estimate of drug-likeness (QED) is 0.350. The summed E-state index contributed by atoms with van der Waals surface area (Å²) in [5.74, 6) is -12.5. The molecule has 52 heavy (non-hydrogen) atoms. The Bertz CT molecular complexity index is 1490. The Morgan fingerprint density at radius 1 is 0.712 bits per heavy atom. The van der Waals surface area contributed by atoms with Crippen molar-refractivity contribution in [3.05, 3.63) is 35.4 Å². The molecule has 1 aromatic rings. The van der Waals surface area contributed by atoms with Gasteiger partial charge in [-0.05, 0) is 48.9 Å². The van der Waals surface area contributed by atoms with Crippen LogP contribution in [0.25, 0.3) is 0 Å². The third-order valence-corrected chi connectivity index (χ3v) is 9.48. The van der Waals surface area contributed by atoms with E-state index in [1.54, 1.807) is 28.5 Å². The van der Waals surface area contributed by atoms with E-state index in [1.165, 1.54) is 38.1 Å². The molecule has 4 rings (SSSR count). The Morgan fingerprint density at radius 3 is 1.77 bits per heavy atom. The summed E-state index contributed by atoms with van der Waals surface area (Å²) in [6.07, 6.45) is -5.80. The fourth-order valence-electron chi connectivity index (χ4n) is 6.34. The molecule has 3 saturated heterocycles. The smallest absolute Gasteiger partial charge is 0.378 e. The number of nitrogens with zero attached hydrogens (tertiary/aromatic N) is 4. The van der Waals surface area contributed by atoms with E-state index >= 15 is 0 Å². The summed E-state index contributed by atoms with van der Waals surface area (Å²) >= 11 is 0. The fourth-order valence-corrected chi connectivity index (χ4v) is 6.34. The van der Waals surface area contributed by atoms with E-state index in [-0.39, 0.29) is 30.5 Å². The Kier molecular flexibility index (Phi) is 12.9. The van der Waals surface area contributed by atoms with Crippen molar-refractivity contribution in [3.8, 4) is 0 Å². The molecular formula is C34H45F5N6O7. The highest BCUT2D eigenvalue weighted by Crippen LogP contribution is 2.37. The minimum Gasteiger partial charge on any atom is -0.378 e. The van der Waals surface area contributed by atoms with Crippen molar-refractivity contribution in [3.63, 3.8) is 0 Å². The third kappa shape index (κ3) is 8.98. The standard InChI is InChI=1S/C34H45F5N6O7/c1-20(2)25(27(46)33(35,36)34(37,38)39)40-29(48)24-6-5-11-45(24)31(50)26(21(3)4)41-28(47)22-7-9-23(10-8-22)30(49)42-12-14-43(15-13-42)32(51)44-16-18-52-19-17-44/h7-10,20-21,24-26H,5-6,11-19H2,1-4H3,(H,40,48)(H,41,47). The summed E-state index contributed by atoms with van der Waals surface area (Å²) in [5, 5.41) is 4.66. The lowest BCUT2D eigenvalue weighted by Crippen LogP contribution is -2.60. The molecule has 18 heteroatoms. The number of piperazine rings is 1. The monoisotopic (exact) mass is 744 g/mol. The molecule has 3 heterocycles. The number of carbonyl (C=O) groups is 6. The predicted octanol–water partition coefficient (Wildman–Crippen LogP) is 2.55. The summed E-state index contributed by atoms with van der Waals surface area (Å²) in [5.41, 5.74) is 0.452. The van der Waals surface area contributed by atoms with Crippen LogP contribution in [0.1, 0.15) is 61.3 Å². The van der Waals surface area contributed by atoms with Gasteiger partial charge < -0.3 is 35.0 Å². The van der Waals surface area contributed by atoms with E-state index in [4.69, 9.17) is 4.74 Å². The van der Waals surface area contributed by atoms with Gasteiger partial charge in [0, 0.05) is 56.9 Å². The lowest BCUT2D eigenvalue weighted by molar-refractivity contribution is -0.270. The number of rotatable bonds is 10. The van der Waals surface area contributed by atoms with Crippen molar-refractivity contribution in [1.82, 2.24) is 30.2 Å². The zero-order valence-electron chi connectivity index (χ0n) is 29.5. The average molecular weight is 745 g/mol. The topological polar surface area (TPSA) is 149 Å². The number of nitrogens with one attached hydrogen (secondary N) is 2. The number of carbonyl (C=O) groups excluding carboxylic acids is 6. The first kappa shape index (κ1) is 40.4. The third-order valence-electron chi connectivity index (χ3n) is 9.48. The van der Waals surface area contributed by atoms with Crippen LogP contribution in [-0.4, -0.2) is 144 Å². The van der Waals surface area contributed by atoms with Gasteiger partial charge in [0.2, 0.25) is 17.6 Å².